The number of halogens is 1. The van der Waals surface area contributed by atoms with Crippen LogP contribution in [0, 0.1) is 5.82 Å². The van der Waals surface area contributed by atoms with E-state index in [1.54, 1.807) is 12.1 Å². The van der Waals surface area contributed by atoms with Gasteiger partial charge in [-0.25, -0.2) is 12.8 Å². The lowest BCUT2D eigenvalue weighted by atomic mass is 10.2. The third-order valence-corrected chi connectivity index (χ3v) is 4.13. The topological polar surface area (TPSA) is 66.4 Å². The van der Waals surface area contributed by atoms with Gasteiger partial charge in [0.1, 0.15) is 5.82 Å². The second-order valence-corrected chi connectivity index (χ2v) is 5.91. The summed E-state index contributed by atoms with van der Waals surface area (Å²) in [6.07, 6.45) is 0.478. The van der Waals surface area contributed by atoms with Crippen LogP contribution in [-0.2, 0) is 16.4 Å². The summed E-state index contributed by atoms with van der Waals surface area (Å²) in [6.45, 7) is 0.0138. The fourth-order valence-corrected chi connectivity index (χ4v) is 2.76. The van der Waals surface area contributed by atoms with E-state index in [0.29, 0.717) is 12.1 Å². The van der Waals surface area contributed by atoms with Gasteiger partial charge in [-0.1, -0.05) is 12.1 Å². The second-order valence-electron chi connectivity index (χ2n) is 4.23. The average Bonchev–Trinajstić information content (AvgIpc) is 2.42. The van der Waals surface area contributed by atoms with E-state index in [2.05, 4.69) is 4.72 Å². The Kier molecular flexibility index (Phi) is 4.36. The molecule has 106 valence electrons. The lowest BCUT2D eigenvalue weighted by Crippen LogP contribution is -2.13. The van der Waals surface area contributed by atoms with E-state index in [0.717, 1.165) is 5.56 Å². The molecule has 0 spiro atoms. The fourth-order valence-electron chi connectivity index (χ4n) is 1.70. The highest BCUT2D eigenvalue weighted by atomic mass is 32.2. The largest absolute Gasteiger partial charge is 0.396 e. The van der Waals surface area contributed by atoms with Gasteiger partial charge in [0.2, 0.25) is 0 Å². The van der Waals surface area contributed by atoms with E-state index in [9.17, 15) is 12.8 Å². The summed E-state index contributed by atoms with van der Waals surface area (Å²) in [5, 5.41) is 8.80. The summed E-state index contributed by atoms with van der Waals surface area (Å²) in [5.41, 5.74) is 1.15. The first-order valence-electron chi connectivity index (χ1n) is 5.99. The van der Waals surface area contributed by atoms with Crippen molar-refractivity contribution in [3.63, 3.8) is 0 Å². The summed E-state index contributed by atoms with van der Waals surface area (Å²) < 4.78 is 39.3. The maximum absolute atomic E-state index is 12.8. The van der Waals surface area contributed by atoms with Crippen molar-refractivity contribution in [1.82, 2.24) is 0 Å². The van der Waals surface area contributed by atoms with Gasteiger partial charge in [-0.3, -0.25) is 4.72 Å². The van der Waals surface area contributed by atoms with Gasteiger partial charge < -0.3 is 5.11 Å². The Labute approximate surface area is 116 Å². The molecule has 0 atom stereocenters. The maximum atomic E-state index is 12.8. The summed E-state index contributed by atoms with van der Waals surface area (Å²) in [4.78, 5) is 0.114. The first-order valence-corrected chi connectivity index (χ1v) is 7.48. The minimum absolute atomic E-state index is 0.0138. The fraction of sp³-hybridized carbons (Fsp3) is 0.143. The van der Waals surface area contributed by atoms with E-state index >= 15 is 0 Å². The second kappa shape index (κ2) is 6.02. The molecular weight excluding hydrogens is 281 g/mol. The molecule has 0 fully saturated rings. The van der Waals surface area contributed by atoms with Crippen LogP contribution in [0.15, 0.2) is 53.4 Å². The van der Waals surface area contributed by atoms with Crippen molar-refractivity contribution >= 4 is 15.7 Å². The minimum atomic E-state index is -3.69. The Morgan fingerprint density at radius 2 is 1.60 bits per heavy atom. The van der Waals surface area contributed by atoms with Crippen LogP contribution in [-0.4, -0.2) is 20.1 Å². The maximum Gasteiger partial charge on any atom is 0.261 e. The lowest BCUT2D eigenvalue weighted by molar-refractivity contribution is 0.299. The zero-order valence-electron chi connectivity index (χ0n) is 10.6. The van der Waals surface area contributed by atoms with Crippen molar-refractivity contribution in [2.75, 3.05) is 11.3 Å². The van der Waals surface area contributed by atoms with Gasteiger partial charge in [-0.15, -0.1) is 0 Å². The summed E-state index contributed by atoms with van der Waals surface area (Å²) in [5.74, 6) is -0.429. The number of benzene rings is 2. The van der Waals surface area contributed by atoms with Crippen molar-refractivity contribution in [2.24, 2.45) is 0 Å². The van der Waals surface area contributed by atoms with Crippen molar-refractivity contribution in [3.8, 4) is 0 Å². The van der Waals surface area contributed by atoms with E-state index in [4.69, 9.17) is 5.11 Å². The highest BCUT2D eigenvalue weighted by Gasteiger charge is 2.13. The average molecular weight is 295 g/mol. The number of sulfonamides is 1. The minimum Gasteiger partial charge on any atom is -0.396 e. The molecule has 0 aromatic heterocycles. The summed E-state index contributed by atoms with van der Waals surface area (Å²) in [6, 6.07) is 11.3. The monoisotopic (exact) mass is 295 g/mol. The third kappa shape index (κ3) is 3.55. The molecule has 0 aliphatic heterocycles. The third-order valence-electron chi connectivity index (χ3n) is 2.73. The Balaban J connectivity index is 2.19. The molecule has 0 aliphatic carbocycles. The molecule has 0 saturated carbocycles. The van der Waals surface area contributed by atoms with Gasteiger partial charge in [0, 0.05) is 12.3 Å². The first-order chi connectivity index (χ1) is 9.51. The number of rotatable bonds is 5. The van der Waals surface area contributed by atoms with E-state index in [1.807, 2.05) is 0 Å². The number of aliphatic hydroxyl groups excluding tert-OH is 1. The van der Waals surface area contributed by atoms with Crippen LogP contribution in [0.4, 0.5) is 10.1 Å². The van der Waals surface area contributed by atoms with Crippen molar-refractivity contribution < 1.29 is 17.9 Å². The van der Waals surface area contributed by atoms with Crippen molar-refractivity contribution in [2.45, 2.75) is 11.3 Å². The van der Waals surface area contributed by atoms with Gasteiger partial charge in [0.15, 0.2) is 0 Å². The quantitative estimate of drug-likeness (QED) is 0.888. The van der Waals surface area contributed by atoms with Crippen molar-refractivity contribution in [3.05, 3.63) is 59.9 Å². The lowest BCUT2D eigenvalue weighted by Gasteiger charge is -2.08. The molecular formula is C14H14FNO3S. The molecule has 20 heavy (non-hydrogen) atoms. The molecule has 2 rings (SSSR count). The van der Waals surface area contributed by atoms with Crippen molar-refractivity contribution in [1.29, 1.82) is 0 Å². The van der Waals surface area contributed by atoms with E-state index in [1.165, 1.54) is 36.4 Å². The van der Waals surface area contributed by atoms with Crippen LogP contribution in [0.1, 0.15) is 5.56 Å². The molecule has 0 amide bonds. The van der Waals surface area contributed by atoms with Gasteiger partial charge in [-0.2, -0.15) is 0 Å². The summed E-state index contributed by atoms with van der Waals surface area (Å²) in [7, 11) is -3.69. The molecule has 4 nitrogen and oxygen atoms in total. The molecule has 0 radical (unpaired) electrons. The molecule has 2 aromatic carbocycles. The van der Waals surface area contributed by atoms with Crippen LogP contribution in [0.2, 0.25) is 0 Å². The van der Waals surface area contributed by atoms with E-state index < -0.39 is 15.8 Å². The number of hydrogen-bond donors (Lipinski definition) is 2. The smallest absolute Gasteiger partial charge is 0.261 e. The molecule has 0 bridgehead atoms. The molecule has 2 N–H and O–H groups in total. The Morgan fingerprint density at radius 1 is 1.00 bits per heavy atom. The molecule has 0 saturated heterocycles. The highest BCUT2D eigenvalue weighted by molar-refractivity contribution is 7.92. The van der Waals surface area contributed by atoms with Gasteiger partial charge >= 0.3 is 0 Å². The van der Waals surface area contributed by atoms with Gasteiger partial charge in [0.05, 0.1) is 4.90 Å². The predicted molar refractivity (Wildman–Crippen MR) is 74.4 cm³/mol. The van der Waals surface area contributed by atoms with Gasteiger partial charge in [0.25, 0.3) is 10.0 Å². The predicted octanol–water partition coefficient (Wildman–Crippen LogP) is 2.16. The molecule has 0 unspecified atom stereocenters. The number of aliphatic hydroxyl groups is 1. The zero-order chi connectivity index (χ0) is 14.6. The number of nitrogens with one attached hydrogen (secondary N) is 1. The SMILES string of the molecule is O=S(=O)(Nc1ccc(F)cc1)c1ccc(CCO)cc1. The Hall–Kier alpha value is -1.92. The first kappa shape index (κ1) is 14.5. The van der Waals surface area contributed by atoms with Gasteiger partial charge in [-0.05, 0) is 48.4 Å². The molecule has 6 heteroatoms. The zero-order valence-corrected chi connectivity index (χ0v) is 11.4. The standard InChI is InChI=1S/C14H14FNO3S/c15-12-3-5-13(6-4-12)16-20(18,19)14-7-1-11(2-8-14)9-10-17/h1-8,16-17H,9-10H2. The Bertz CT molecular complexity index is 667. The number of hydrogen-bond acceptors (Lipinski definition) is 3. The van der Waals surface area contributed by atoms with E-state index in [-0.39, 0.29) is 11.5 Å². The molecule has 0 heterocycles. The Morgan fingerprint density at radius 3 is 2.15 bits per heavy atom. The highest BCUT2D eigenvalue weighted by Crippen LogP contribution is 2.17. The normalized spacial score (nSPS) is 11.3. The summed E-state index contributed by atoms with van der Waals surface area (Å²) >= 11 is 0. The number of anilines is 1. The molecule has 0 aliphatic rings. The van der Waals surface area contributed by atoms with Crippen LogP contribution in [0.25, 0.3) is 0 Å². The van der Waals surface area contributed by atoms with Crippen LogP contribution >= 0.6 is 0 Å². The van der Waals surface area contributed by atoms with Crippen LogP contribution < -0.4 is 4.72 Å². The van der Waals surface area contributed by atoms with Crippen LogP contribution in [0.3, 0.4) is 0 Å². The molecule has 2 aromatic rings. The van der Waals surface area contributed by atoms with Crippen LogP contribution in [0.5, 0.6) is 0 Å².